The SMILES string of the molecule is CCCc1nnc(NC(=O)c2cc3oc(Br)cc3n2CCOC)s1. The van der Waals surface area contributed by atoms with E-state index >= 15 is 0 Å². The molecule has 9 heteroatoms. The maximum Gasteiger partial charge on any atom is 0.274 e. The maximum absolute atomic E-state index is 12.6. The summed E-state index contributed by atoms with van der Waals surface area (Å²) >= 11 is 4.71. The van der Waals surface area contributed by atoms with Crippen molar-refractivity contribution < 1.29 is 13.9 Å². The van der Waals surface area contributed by atoms with Gasteiger partial charge in [-0.05, 0) is 22.4 Å². The predicted octanol–water partition coefficient (Wildman–Crippen LogP) is 3.70. The smallest absolute Gasteiger partial charge is 0.274 e. The van der Waals surface area contributed by atoms with Crippen molar-refractivity contribution in [1.29, 1.82) is 0 Å². The molecule has 0 bridgehead atoms. The molecule has 7 nitrogen and oxygen atoms in total. The van der Waals surface area contributed by atoms with E-state index in [4.69, 9.17) is 9.15 Å². The topological polar surface area (TPSA) is 82.2 Å². The van der Waals surface area contributed by atoms with Gasteiger partial charge >= 0.3 is 0 Å². The number of carbonyl (C=O) groups excluding carboxylic acids is 1. The van der Waals surface area contributed by atoms with Gasteiger partial charge in [-0.3, -0.25) is 10.1 Å². The Hall–Kier alpha value is -1.71. The Kier molecular flexibility index (Phi) is 5.32. The van der Waals surface area contributed by atoms with Crippen LogP contribution in [0.25, 0.3) is 11.1 Å². The van der Waals surface area contributed by atoms with Crippen LogP contribution >= 0.6 is 27.3 Å². The predicted molar refractivity (Wildman–Crippen MR) is 95.6 cm³/mol. The lowest BCUT2D eigenvalue weighted by Gasteiger charge is -2.08. The quantitative estimate of drug-likeness (QED) is 0.639. The number of nitrogens with one attached hydrogen (secondary N) is 1. The van der Waals surface area contributed by atoms with Crippen molar-refractivity contribution in [3.05, 3.63) is 27.5 Å². The van der Waals surface area contributed by atoms with Crippen LogP contribution in [-0.4, -0.2) is 34.4 Å². The molecule has 0 aliphatic heterocycles. The van der Waals surface area contributed by atoms with Gasteiger partial charge in [0.2, 0.25) is 5.13 Å². The number of aromatic nitrogens is 3. The molecule has 1 N–H and O–H groups in total. The lowest BCUT2D eigenvalue weighted by Crippen LogP contribution is -2.18. The molecule has 3 aromatic heterocycles. The molecule has 0 saturated carbocycles. The molecule has 0 aromatic carbocycles. The Balaban J connectivity index is 1.86. The average molecular weight is 413 g/mol. The van der Waals surface area contributed by atoms with E-state index in [2.05, 4.69) is 38.4 Å². The Morgan fingerprint density at radius 3 is 3.04 bits per heavy atom. The molecule has 0 aliphatic carbocycles. The fraction of sp³-hybridized carbons (Fsp3) is 0.400. The van der Waals surface area contributed by atoms with Gasteiger partial charge in [-0.25, -0.2) is 0 Å². The first-order valence-corrected chi connectivity index (χ1v) is 9.14. The highest BCUT2D eigenvalue weighted by Gasteiger charge is 2.19. The number of hydrogen-bond donors (Lipinski definition) is 1. The summed E-state index contributed by atoms with van der Waals surface area (Å²) in [7, 11) is 1.63. The van der Waals surface area contributed by atoms with Crippen LogP contribution in [0.15, 0.2) is 21.2 Å². The lowest BCUT2D eigenvalue weighted by atomic mass is 10.4. The van der Waals surface area contributed by atoms with Gasteiger partial charge in [-0.2, -0.15) is 0 Å². The molecule has 0 saturated heterocycles. The monoisotopic (exact) mass is 412 g/mol. The summed E-state index contributed by atoms with van der Waals surface area (Å²) in [5, 5.41) is 12.3. The molecule has 0 atom stereocenters. The van der Waals surface area contributed by atoms with E-state index in [0.717, 1.165) is 23.4 Å². The van der Waals surface area contributed by atoms with Gasteiger partial charge in [0.25, 0.3) is 5.91 Å². The van der Waals surface area contributed by atoms with Crippen LogP contribution in [0.5, 0.6) is 0 Å². The van der Waals surface area contributed by atoms with Crippen LogP contribution in [0.1, 0.15) is 28.8 Å². The van der Waals surface area contributed by atoms with Gasteiger partial charge in [-0.1, -0.05) is 18.3 Å². The van der Waals surface area contributed by atoms with Crippen LogP contribution < -0.4 is 5.32 Å². The highest BCUT2D eigenvalue weighted by molar-refractivity contribution is 9.10. The summed E-state index contributed by atoms with van der Waals surface area (Å²) in [5.41, 5.74) is 1.99. The molecule has 0 spiro atoms. The van der Waals surface area contributed by atoms with Crippen molar-refractivity contribution in [2.75, 3.05) is 19.0 Å². The Labute approximate surface area is 151 Å². The zero-order valence-electron chi connectivity index (χ0n) is 13.3. The molecular formula is C15H17BrN4O3S. The van der Waals surface area contributed by atoms with Gasteiger partial charge < -0.3 is 13.7 Å². The van der Waals surface area contributed by atoms with Gasteiger partial charge in [0.05, 0.1) is 12.1 Å². The van der Waals surface area contributed by atoms with Crippen LogP contribution in [0, 0.1) is 0 Å². The number of nitrogens with zero attached hydrogens (tertiary/aromatic N) is 3. The number of hydrogen-bond acceptors (Lipinski definition) is 6. The number of amides is 1. The number of rotatable bonds is 7. The van der Waals surface area contributed by atoms with Crippen LogP contribution in [0.4, 0.5) is 5.13 Å². The van der Waals surface area contributed by atoms with Crippen molar-refractivity contribution in [3.63, 3.8) is 0 Å². The third kappa shape index (κ3) is 3.52. The van der Waals surface area contributed by atoms with Crippen LogP contribution in [0.2, 0.25) is 0 Å². The fourth-order valence-electron chi connectivity index (χ4n) is 2.40. The molecule has 128 valence electrons. The Morgan fingerprint density at radius 1 is 1.46 bits per heavy atom. The van der Waals surface area contributed by atoms with E-state index in [1.807, 2.05) is 10.6 Å². The van der Waals surface area contributed by atoms with Gasteiger partial charge in [0.15, 0.2) is 10.3 Å². The van der Waals surface area contributed by atoms with Gasteiger partial charge in [0.1, 0.15) is 10.7 Å². The van der Waals surface area contributed by atoms with E-state index in [1.165, 1.54) is 11.3 Å². The second-order valence-corrected chi connectivity index (χ2v) is 7.02. The van der Waals surface area contributed by atoms with Crippen LogP contribution in [0.3, 0.4) is 0 Å². The second kappa shape index (κ2) is 7.45. The number of anilines is 1. The highest BCUT2D eigenvalue weighted by atomic mass is 79.9. The molecule has 0 aliphatic rings. The standard InChI is InChI=1S/C15H17BrN4O3S/c1-3-4-13-18-19-15(24-13)17-14(21)10-7-11-9(8-12(16)23-11)20(10)5-6-22-2/h7-8H,3-6H2,1-2H3,(H,17,19,21). The largest absolute Gasteiger partial charge is 0.448 e. The molecular weight excluding hydrogens is 396 g/mol. The number of halogens is 1. The third-order valence-electron chi connectivity index (χ3n) is 3.46. The maximum atomic E-state index is 12.6. The van der Waals surface area contributed by atoms with Crippen molar-refractivity contribution in [2.45, 2.75) is 26.3 Å². The zero-order valence-corrected chi connectivity index (χ0v) is 15.7. The summed E-state index contributed by atoms with van der Waals surface area (Å²) < 4.78 is 13.2. The minimum atomic E-state index is -0.243. The molecule has 0 unspecified atom stereocenters. The van der Waals surface area contributed by atoms with E-state index in [0.29, 0.717) is 34.2 Å². The Morgan fingerprint density at radius 2 is 2.29 bits per heavy atom. The summed E-state index contributed by atoms with van der Waals surface area (Å²) in [4.78, 5) is 12.6. The number of carbonyl (C=O) groups is 1. The molecule has 1 amide bonds. The fourth-order valence-corrected chi connectivity index (χ4v) is 3.63. The van der Waals surface area contributed by atoms with Gasteiger partial charge in [-0.15, -0.1) is 10.2 Å². The highest BCUT2D eigenvalue weighted by Crippen LogP contribution is 2.28. The van der Waals surface area contributed by atoms with E-state index in [1.54, 1.807) is 13.2 Å². The van der Waals surface area contributed by atoms with Crippen molar-refractivity contribution in [1.82, 2.24) is 14.8 Å². The summed E-state index contributed by atoms with van der Waals surface area (Å²) in [6, 6.07) is 3.56. The summed E-state index contributed by atoms with van der Waals surface area (Å²) in [6.07, 6.45) is 1.85. The first-order chi connectivity index (χ1) is 11.6. The minimum absolute atomic E-state index is 0.243. The molecule has 3 rings (SSSR count). The molecule has 3 heterocycles. The first kappa shape index (κ1) is 17.1. The summed E-state index contributed by atoms with van der Waals surface area (Å²) in [6.45, 7) is 3.12. The summed E-state index contributed by atoms with van der Waals surface area (Å²) in [5.74, 6) is -0.243. The number of methoxy groups -OCH3 is 1. The van der Waals surface area contributed by atoms with E-state index in [9.17, 15) is 4.79 Å². The minimum Gasteiger partial charge on any atom is -0.448 e. The van der Waals surface area contributed by atoms with Crippen LogP contribution in [-0.2, 0) is 17.7 Å². The third-order valence-corrected chi connectivity index (χ3v) is 4.75. The number of ether oxygens (including phenoxy) is 1. The number of aryl methyl sites for hydroxylation is 1. The molecule has 0 radical (unpaired) electrons. The molecule has 3 aromatic rings. The Bertz CT molecular complexity index is 854. The normalized spacial score (nSPS) is 11.3. The first-order valence-electron chi connectivity index (χ1n) is 7.53. The van der Waals surface area contributed by atoms with Crippen molar-refractivity contribution in [3.8, 4) is 0 Å². The van der Waals surface area contributed by atoms with E-state index in [-0.39, 0.29) is 5.91 Å². The van der Waals surface area contributed by atoms with Crippen molar-refractivity contribution in [2.24, 2.45) is 0 Å². The van der Waals surface area contributed by atoms with E-state index < -0.39 is 0 Å². The lowest BCUT2D eigenvalue weighted by molar-refractivity contribution is 0.101. The second-order valence-electron chi connectivity index (χ2n) is 5.18. The number of furan rings is 1. The van der Waals surface area contributed by atoms with Gasteiger partial charge in [0, 0.05) is 32.2 Å². The average Bonchev–Trinajstić information content (AvgIpc) is 3.20. The number of fused-ring (bicyclic) bond motifs is 1. The zero-order chi connectivity index (χ0) is 17.1. The van der Waals surface area contributed by atoms with Crippen molar-refractivity contribution >= 4 is 49.4 Å². The molecule has 0 fully saturated rings. The molecule has 24 heavy (non-hydrogen) atoms.